The molecule has 20 heavy (non-hydrogen) atoms. The van der Waals surface area contributed by atoms with Gasteiger partial charge in [-0.15, -0.1) is 0 Å². The Balaban J connectivity index is 2.59. The lowest BCUT2D eigenvalue weighted by Gasteiger charge is -2.19. The summed E-state index contributed by atoms with van der Waals surface area (Å²) in [4.78, 5) is 13.9. The summed E-state index contributed by atoms with van der Waals surface area (Å²) >= 11 is 0. The normalized spacial score (nSPS) is 10.8. The van der Waals surface area contributed by atoms with Gasteiger partial charge in [-0.3, -0.25) is 9.10 Å². The van der Waals surface area contributed by atoms with Gasteiger partial charge in [-0.05, 0) is 12.1 Å². The molecule has 0 radical (unpaired) electrons. The molecule has 0 unspecified atom stereocenters. The minimum absolute atomic E-state index is 0.214. The van der Waals surface area contributed by atoms with Gasteiger partial charge in [0.1, 0.15) is 6.07 Å². The summed E-state index contributed by atoms with van der Waals surface area (Å²) in [7, 11) is -2.71. The van der Waals surface area contributed by atoms with Gasteiger partial charge >= 0.3 is 0 Å². The number of benzene rings is 1. The van der Waals surface area contributed by atoms with Crippen molar-refractivity contribution in [3.8, 4) is 6.07 Å². The molecule has 6 nitrogen and oxygen atoms in total. The minimum Gasteiger partial charge on any atom is -0.366 e. The SMILES string of the molecule is CN(c1ccccc1C#N)S(=O)(=O)c1c[nH]ccc1=O. The molecule has 0 aliphatic rings. The summed E-state index contributed by atoms with van der Waals surface area (Å²) in [6.45, 7) is 0. The summed E-state index contributed by atoms with van der Waals surface area (Å²) in [5.74, 6) is 0. The van der Waals surface area contributed by atoms with Gasteiger partial charge < -0.3 is 4.98 Å². The van der Waals surface area contributed by atoms with Crippen LogP contribution in [-0.2, 0) is 10.0 Å². The number of H-pyrrole nitrogens is 1. The topological polar surface area (TPSA) is 94.0 Å². The highest BCUT2D eigenvalue weighted by atomic mass is 32.2. The Morgan fingerprint density at radius 2 is 1.95 bits per heavy atom. The Bertz CT molecular complexity index is 834. The summed E-state index contributed by atoms with van der Waals surface area (Å²) in [5, 5.41) is 9.02. The number of pyridine rings is 1. The molecule has 1 aromatic carbocycles. The Labute approximate surface area is 116 Å². The molecule has 0 bridgehead atoms. The Kier molecular flexibility index (Phi) is 3.59. The van der Waals surface area contributed by atoms with Crippen molar-refractivity contribution >= 4 is 15.7 Å². The van der Waals surface area contributed by atoms with Crippen molar-refractivity contribution in [2.45, 2.75) is 4.90 Å². The molecule has 0 aliphatic heterocycles. The van der Waals surface area contributed by atoms with Crippen molar-refractivity contribution in [1.29, 1.82) is 5.26 Å². The van der Waals surface area contributed by atoms with Crippen molar-refractivity contribution in [3.05, 3.63) is 58.5 Å². The maximum Gasteiger partial charge on any atom is 0.269 e. The molecule has 0 spiro atoms. The number of nitrogens with one attached hydrogen (secondary N) is 1. The van der Waals surface area contributed by atoms with Gasteiger partial charge in [-0.2, -0.15) is 5.26 Å². The van der Waals surface area contributed by atoms with Crippen LogP contribution in [0.4, 0.5) is 5.69 Å². The van der Waals surface area contributed by atoms with Crippen LogP contribution in [-0.4, -0.2) is 20.4 Å². The highest BCUT2D eigenvalue weighted by Crippen LogP contribution is 2.23. The molecule has 0 fully saturated rings. The second-order valence-corrected chi connectivity index (χ2v) is 5.91. The monoisotopic (exact) mass is 289 g/mol. The fourth-order valence-electron chi connectivity index (χ4n) is 1.72. The van der Waals surface area contributed by atoms with E-state index in [0.29, 0.717) is 0 Å². The molecular weight excluding hydrogens is 278 g/mol. The zero-order valence-corrected chi connectivity index (χ0v) is 11.4. The van der Waals surface area contributed by atoms with Crippen LogP contribution in [0.15, 0.2) is 52.4 Å². The molecule has 1 N–H and O–H groups in total. The predicted octanol–water partition coefficient (Wildman–Crippen LogP) is 1.07. The fourth-order valence-corrected chi connectivity index (χ4v) is 2.97. The lowest BCUT2D eigenvalue weighted by molar-refractivity contribution is 0.593. The van der Waals surface area contributed by atoms with E-state index < -0.39 is 15.5 Å². The molecular formula is C13H11N3O3S. The maximum atomic E-state index is 12.4. The van der Waals surface area contributed by atoms with E-state index in [1.54, 1.807) is 12.1 Å². The van der Waals surface area contributed by atoms with Crippen LogP contribution >= 0.6 is 0 Å². The first-order valence-electron chi connectivity index (χ1n) is 5.63. The summed E-state index contributed by atoms with van der Waals surface area (Å²) in [5.41, 5.74) is -0.172. The third kappa shape index (κ3) is 2.29. The number of anilines is 1. The number of sulfonamides is 1. The molecule has 0 saturated carbocycles. The average molecular weight is 289 g/mol. The highest BCUT2D eigenvalue weighted by molar-refractivity contribution is 7.92. The van der Waals surface area contributed by atoms with Gasteiger partial charge in [-0.25, -0.2) is 8.42 Å². The average Bonchev–Trinajstić information content (AvgIpc) is 2.46. The van der Waals surface area contributed by atoms with Crippen LogP contribution in [0.3, 0.4) is 0 Å². The van der Waals surface area contributed by atoms with E-state index in [9.17, 15) is 13.2 Å². The number of aromatic nitrogens is 1. The van der Waals surface area contributed by atoms with E-state index in [2.05, 4.69) is 4.98 Å². The second kappa shape index (κ2) is 5.19. The maximum absolute atomic E-state index is 12.4. The first-order valence-corrected chi connectivity index (χ1v) is 7.07. The smallest absolute Gasteiger partial charge is 0.269 e. The van der Waals surface area contributed by atoms with Crippen molar-refractivity contribution < 1.29 is 8.42 Å². The molecule has 1 heterocycles. The standard InChI is InChI=1S/C13H11N3O3S/c1-16(11-5-3-2-4-10(11)8-14)20(18,19)13-9-15-7-6-12(13)17/h2-7,9H,1H3,(H,15,17). The number of hydrogen-bond donors (Lipinski definition) is 1. The van der Waals surface area contributed by atoms with E-state index in [1.165, 1.54) is 25.4 Å². The van der Waals surface area contributed by atoms with Crippen LogP contribution in [0.2, 0.25) is 0 Å². The van der Waals surface area contributed by atoms with Crippen molar-refractivity contribution in [2.75, 3.05) is 11.4 Å². The Morgan fingerprint density at radius 1 is 1.25 bits per heavy atom. The van der Waals surface area contributed by atoms with Crippen LogP contribution in [0.1, 0.15) is 5.56 Å². The van der Waals surface area contributed by atoms with Crippen LogP contribution in [0.25, 0.3) is 0 Å². The molecule has 0 saturated heterocycles. The number of para-hydroxylation sites is 1. The quantitative estimate of drug-likeness (QED) is 0.914. The molecule has 0 atom stereocenters. The molecule has 1 aromatic heterocycles. The van der Waals surface area contributed by atoms with Crippen LogP contribution in [0.5, 0.6) is 0 Å². The first kappa shape index (κ1) is 13.8. The number of aromatic amines is 1. The molecule has 0 amide bonds. The van der Waals surface area contributed by atoms with E-state index >= 15 is 0 Å². The zero-order chi connectivity index (χ0) is 14.8. The van der Waals surface area contributed by atoms with Gasteiger partial charge in [0, 0.05) is 25.5 Å². The van der Waals surface area contributed by atoms with Gasteiger partial charge in [0.25, 0.3) is 10.0 Å². The van der Waals surface area contributed by atoms with Gasteiger partial charge in [-0.1, -0.05) is 12.1 Å². The summed E-state index contributed by atoms with van der Waals surface area (Å²) < 4.78 is 25.8. The molecule has 2 rings (SSSR count). The molecule has 102 valence electrons. The Morgan fingerprint density at radius 3 is 2.60 bits per heavy atom. The Hall–Kier alpha value is -2.59. The molecule has 2 aromatic rings. The fraction of sp³-hybridized carbons (Fsp3) is 0.0769. The summed E-state index contributed by atoms with van der Waals surface area (Å²) in [6.07, 6.45) is 2.48. The van der Waals surface area contributed by atoms with Crippen molar-refractivity contribution in [1.82, 2.24) is 4.98 Å². The van der Waals surface area contributed by atoms with Gasteiger partial charge in [0.15, 0.2) is 4.90 Å². The molecule has 7 heteroatoms. The van der Waals surface area contributed by atoms with E-state index in [0.717, 1.165) is 16.6 Å². The van der Waals surface area contributed by atoms with Crippen LogP contribution < -0.4 is 9.73 Å². The number of rotatable bonds is 3. The van der Waals surface area contributed by atoms with E-state index in [-0.39, 0.29) is 16.1 Å². The highest BCUT2D eigenvalue weighted by Gasteiger charge is 2.25. The van der Waals surface area contributed by atoms with E-state index in [1.807, 2.05) is 6.07 Å². The van der Waals surface area contributed by atoms with Crippen molar-refractivity contribution in [3.63, 3.8) is 0 Å². The van der Waals surface area contributed by atoms with E-state index in [4.69, 9.17) is 5.26 Å². The lowest BCUT2D eigenvalue weighted by Crippen LogP contribution is -2.31. The number of nitrogens with zero attached hydrogens (tertiary/aromatic N) is 2. The third-order valence-corrected chi connectivity index (χ3v) is 4.58. The third-order valence-electron chi connectivity index (χ3n) is 2.79. The number of nitriles is 1. The van der Waals surface area contributed by atoms with Gasteiger partial charge in [0.05, 0.1) is 11.3 Å². The second-order valence-electron chi connectivity index (χ2n) is 3.97. The van der Waals surface area contributed by atoms with Crippen LogP contribution in [0, 0.1) is 11.3 Å². The summed E-state index contributed by atoms with van der Waals surface area (Å²) in [6, 6.07) is 9.34. The predicted molar refractivity (Wildman–Crippen MR) is 73.8 cm³/mol. The molecule has 0 aliphatic carbocycles. The largest absolute Gasteiger partial charge is 0.366 e. The van der Waals surface area contributed by atoms with Gasteiger partial charge in [0.2, 0.25) is 5.43 Å². The number of hydrogen-bond acceptors (Lipinski definition) is 4. The zero-order valence-electron chi connectivity index (χ0n) is 10.6. The lowest BCUT2D eigenvalue weighted by atomic mass is 10.2. The minimum atomic E-state index is -4.02. The first-order chi connectivity index (χ1) is 9.48. The van der Waals surface area contributed by atoms with Crippen molar-refractivity contribution in [2.24, 2.45) is 0 Å².